The summed E-state index contributed by atoms with van der Waals surface area (Å²) < 4.78 is 0. The van der Waals surface area contributed by atoms with Crippen LogP contribution in [0.5, 0.6) is 0 Å². The smallest absolute Gasteiger partial charge is 0.237 e. The van der Waals surface area contributed by atoms with Crippen molar-refractivity contribution in [1.82, 2.24) is 15.5 Å². The number of nitrogens with zero attached hydrogens (tertiary/aromatic N) is 1. The van der Waals surface area contributed by atoms with E-state index in [0.717, 1.165) is 19.5 Å². The lowest BCUT2D eigenvalue weighted by Crippen LogP contribution is -2.58. The standard InChI is InChI=1S/C13H25N3O/c1-16(2)13(7-4-3-5-8-13)10-15-12(17)11-6-9-14-11/h11,14H,3-10H2,1-2H3,(H,15,17). The van der Waals surface area contributed by atoms with Crippen molar-refractivity contribution in [2.24, 2.45) is 0 Å². The van der Waals surface area contributed by atoms with Crippen LogP contribution >= 0.6 is 0 Å². The lowest BCUT2D eigenvalue weighted by Gasteiger charge is -2.43. The molecule has 0 spiro atoms. The number of nitrogens with one attached hydrogen (secondary N) is 2. The molecule has 0 aromatic carbocycles. The molecule has 2 N–H and O–H groups in total. The van der Waals surface area contributed by atoms with Crippen molar-refractivity contribution < 1.29 is 4.79 Å². The molecule has 4 heteroatoms. The normalized spacial score (nSPS) is 27.6. The molecule has 0 bridgehead atoms. The minimum atomic E-state index is 0.0674. The first-order valence-electron chi connectivity index (χ1n) is 6.83. The molecule has 1 aliphatic carbocycles. The Morgan fingerprint density at radius 2 is 2.00 bits per heavy atom. The second-order valence-electron chi connectivity index (χ2n) is 5.69. The van der Waals surface area contributed by atoms with Gasteiger partial charge in [0.05, 0.1) is 6.04 Å². The Bertz CT molecular complexity index is 268. The molecule has 2 fully saturated rings. The summed E-state index contributed by atoms with van der Waals surface area (Å²) in [4.78, 5) is 14.1. The Labute approximate surface area is 104 Å². The number of likely N-dealkylation sites (N-methyl/N-ethyl adjacent to an activating group) is 1. The fraction of sp³-hybridized carbons (Fsp3) is 0.923. The third kappa shape index (κ3) is 2.80. The highest BCUT2D eigenvalue weighted by Crippen LogP contribution is 2.31. The largest absolute Gasteiger partial charge is 0.353 e. The third-order valence-corrected chi connectivity index (χ3v) is 4.46. The van der Waals surface area contributed by atoms with Gasteiger partial charge in [-0.3, -0.25) is 4.79 Å². The molecule has 1 heterocycles. The molecule has 1 saturated heterocycles. The van der Waals surface area contributed by atoms with Crippen LogP contribution in [0, 0.1) is 0 Å². The van der Waals surface area contributed by atoms with Crippen molar-refractivity contribution in [3.05, 3.63) is 0 Å². The molecule has 1 amide bonds. The predicted octanol–water partition coefficient (Wildman–Crippen LogP) is 0.729. The lowest BCUT2D eigenvalue weighted by molar-refractivity contribution is -0.125. The number of amides is 1. The first kappa shape index (κ1) is 12.8. The van der Waals surface area contributed by atoms with Crippen LogP contribution in [0.15, 0.2) is 0 Å². The molecule has 0 aromatic rings. The maximum absolute atomic E-state index is 11.8. The van der Waals surface area contributed by atoms with Gasteiger partial charge in [-0.1, -0.05) is 19.3 Å². The third-order valence-electron chi connectivity index (χ3n) is 4.46. The lowest BCUT2D eigenvalue weighted by atomic mass is 9.80. The molecule has 4 nitrogen and oxygen atoms in total. The van der Waals surface area contributed by atoms with Crippen LogP contribution in [0.2, 0.25) is 0 Å². The number of carbonyl (C=O) groups excluding carboxylic acids is 1. The van der Waals surface area contributed by atoms with Gasteiger partial charge < -0.3 is 15.5 Å². The van der Waals surface area contributed by atoms with E-state index in [2.05, 4.69) is 29.6 Å². The van der Waals surface area contributed by atoms with Gasteiger partial charge in [-0.2, -0.15) is 0 Å². The first-order valence-corrected chi connectivity index (χ1v) is 6.83. The van der Waals surface area contributed by atoms with Crippen LogP contribution < -0.4 is 10.6 Å². The summed E-state index contributed by atoms with van der Waals surface area (Å²) in [5, 5.41) is 6.28. The van der Waals surface area contributed by atoms with Gasteiger partial charge in [0.25, 0.3) is 0 Å². The average Bonchev–Trinajstić information content (AvgIpc) is 2.25. The molecule has 17 heavy (non-hydrogen) atoms. The summed E-state index contributed by atoms with van der Waals surface area (Å²) in [6, 6.07) is 0.0674. The van der Waals surface area contributed by atoms with Gasteiger partial charge in [0.2, 0.25) is 5.91 Å². The van der Waals surface area contributed by atoms with Gasteiger partial charge in [-0.25, -0.2) is 0 Å². The summed E-state index contributed by atoms with van der Waals surface area (Å²) in [7, 11) is 4.28. The molecule has 1 atom stereocenters. The molecule has 1 unspecified atom stereocenters. The van der Waals surface area contributed by atoms with Gasteiger partial charge >= 0.3 is 0 Å². The summed E-state index contributed by atoms with van der Waals surface area (Å²) in [5.74, 6) is 0.183. The minimum Gasteiger partial charge on any atom is -0.353 e. The van der Waals surface area contributed by atoms with Gasteiger partial charge in [0, 0.05) is 12.1 Å². The summed E-state index contributed by atoms with van der Waals surface area (Å²) in [6.07, 6.45) is 7.32. The Balaban J connectivity index is 1.86. The Morgan fingerprint density at radius 1 is 1.35 bits per heavy atom. The molecule has 0 aromatic heterocycles. The van der Waals surface area contributed by atoms with Crippen molar-refractivity contribution in [2.45, 2.75) is 50.1 Å². The average molecular weight is 239 g/mol. The zero-order valence-electron chi connectivity index (χ0n) is 11.1. The fourth-order valence-corrected chi connectivity index (χ4v) is 2.88. The highest BCUT2D eigenvalue weighted by molar-refractivity contribution is 5.82. The van der Waals surface area contributed by atoms with E-state index >= 15 is 0 Å². The maximum atomic E-state index is 11.8. The van der Waals surface area contributed by atoms with Crippen LogP contribution in [-0.4, -0.2) is 49.6 Å². The van der Waals surface area contributed by atoms with Crippen LogP contribution in [0.25, 0.3) is 0 Å². The summed E-state index contributed by atoms with van der Waals surface area (Å²) in [5.41, 5.74) is 0.192. The SMILES string of the molecule is CN(C)C1(CNC(=O)C2CCN2)CCCCC1. The Morgan fingerprint density at radius 3 is 2.47 bits per heavy atom. The number of hydrogen-bond donors (Lipinski definition) is 2. The van der Waals surface area contributed by atoms with Crippen LogP contribution in [0.3, 0.4) is 0 Å². The van der Waals surface area contributed by atoms with Crippen molar-refractivity contribution in [2.75, 3.05) is 27.2 Å². The molecular weight excluding hydrogens is 214 g/mol. The van der Waals surface area contributed by atoms with E-state index in [4.69, 9.17) is 0 Å². The monoisotopic (exact) mass is 239 g/mol. The second kappa shape index (κ2) is 5.36. The molecule has 2 aliphatic rings. The Hall–Kier alpha value is -0.610. The van der Waals surface area contributed by atoms with E-state index in [1.807, 2.05) is 0 Å². The van der Waals surface area contributed by atoms with Crippen molar-refractivity contribution in [3.63, 3.8) is 0 Å². The second-order valence-corrected chi connectivity index (χ2v) is 5.69. The topological polar surface area (TPSA) is 44.4 Å². The molecule has 98 valence electrons. The zero-order valence-corrected chi connectivity index (χ0v) is 11.1. The van der Waals surface area contributed by atoms with Crippen LogP contribution in [-0.2, 0) is 4.79 Å². The Kier molecular flexibility index (Phi) is 4.05. The number of rotatable bonds is 4. The fourth-order valence-electron chi connectivity index (χ4n) is 2.88. The molecule has 2 rings (SSSR count). The highest BCUT2D eigenvalue weighted by atomic mass is 16.2. The first-order chi connectivity index (χ1) is 8.14. The van der Waals surface area contributed by atoms with Crippen molar-refractivity contribution >= 4 is 5.91 Å². The van der Waals surface area contributed by atoms with Crippen molar-refractivity contribution in [1.29, 1.82) is 0 Å². The van der Waals surface area contributed by atoms with Crippen LogP contribution in [0.1, 0.15) is 38.5 Å². The number of carbonyl (C=O) groups is 1. The highest BCUT2D eigenvalue weighted by Gasteiger charge is 2.35. The van der Waals surface area contributed by atoms with E-state index in [1.165, 1.54) is 32.1 Å². The maximum Gasteiger partial charge on any atom is 0.237 e. The van der Waals surface area contributed by atoms with E-state index in [-0.39, 0.29) is 17.5 Å². The summed E-state index contributed by atoms with van der Waals surface area (Å²) in [6.45, 7) is 1.79. The molecule has 1 saturated carbocycles. The van der Waals surface area contributed by atoms with Gasteiger partial charge in [-0.05, 0) is 39.9 Å². The molecular formula is C13H25N3O. The van der Waals surface area contributed by atoms with Gasteiger partial charge in [0.1, 0.15) is 0 Å². The molecule has 0 radical (unpaired) electrons. The quantitative estimate of drug-likeness (QED) is 0.760. The van der Waals surface area contributed by atoms with E-state index < -0.39 is 0 Å². The van der Waals surface area contributed by atoms with Crippen LogP contribution in [0.4, 0.5) is 0 Å². The van der Waals surface area contributed by atoms with E-state index in [0.29, 0.717) is 0 Å². The van der Waals surface area contributed by atoms with E-state index in [1.54, 1.807) is 0 Å². The predicted molar refractivity (Wildman–Crippen MR) is 68.9 cm³/mol. The minimum absolute atomic E-state index is 0.0674. The van der Waals surface area contributed by atoms with E-state index in [9.17, 15) is 4.79 Å². The molecule has 1 aliphatic heterocycles. The number of hydrogen-bond acceptors (Lipinski definition) is 3. The van der Waals surface area contributed by atoms with Gasteiger partial charge in [0.15, 0.2) is 0 Å². The summed E-state index contributed by atoms with van der Waals surface area (Å²) >= 11 is 0. The van der Waals surface area contributed by atoms with Crippen molar-refractivity contribution in [3.8, 4) is 0 Å². The van der Waals surface area contributed by atoms with Gasteiger partial charge in [-0.15, -0.1) is 0 Å². The zero-order chi connectivity index (χ0) is 12.3.